The summed E-state index contributed by atoms with van der Waals surface area (Å²) in [4.78, 5) is 13.7. The van der Waals surface area contributed by atoms with Gasteiger partial charge < -0.3 is 10.2 Å². The zero-order valence-corrected chi connectivity index (χ0v) is 11.6. The van der Waals surface area contributed by atoms with Crippen molar-refractivity contribution < 1.29 is 4.79 Å². The normalized spacial score (nSPS) is 18.5. The van der Waals surface area contributed by atoms with Gasteiger partial charge in [-0.05, 0) is 31.4 Å². The van der Waals surface area contributed by atoms with Gasteiger partial charge in [-0.25, -0.2) is 0 Å². The topological polar surface area (TPSA) is 32.3 Å². The average Bonchev–Trinajstić information content (AvgIpc) is 2.79. The summed E-state index contributed by atoms with van der Waals surface area (Å²) in [7, 11) is 1.81. The zero-order chi connectivity index (χ0) is 12.1. The van der Waals surface area contributed by atoms with Gasteiger partial charge in [-0.15, -0.1) is 12.4 Å². The van der Waals surface area contributed by atoms with Crippen LogP contribution in [0.5, 0.6) is 0 Å². The maximum absolute atomic E-state index is 11.7. The molecule has 100 valence electrons. The number of benzene rings is 1. The van der Waals surface area contributed by atoms with E-state index in [4.69, 9.17) is 0 Å². The third kappa shape index (κ3) is 4.00. The lowest BCUT2D eigenvalue weighted by Gasteiger charge is -2.16. The highest BCUT2D eigenvalue weighted by molar-refractivity contribution is 5.85. The van der Waals surface area contributed by atoms with E-state index < -0.39 is 0 Å². The van der Waals surface area contributed by atoms with E-state index in [9.17, 15) is 4.79 Å². The third-order valence-corrected chi connectivity index (χ3v) is 3.33. The monoisotopic (exact) mass is 268 g/mol. The minimum atomic E-state index is 0. The highest BCUT2D eigenvalue weighted by Gasteiger charge is 2.25. The number of nitrogens with one attached hydrogen (secondary N) is 1. The molecule has 2 rings (SSSR count). The zero-order valence-electron chi connectivity index (χ0n) is 10.8. The summed E-state index contributed by atoms with van der Waals surface area (Å²) < 4.78 is 0. The summed E-state index contributed by atoms with van der Waals surface area (Å²) in [5.41, 5.74) is 1.38. The van der Waals surface area contributed by atoms with E-state index in [0.717, 1.165) is 25.9 Å². The van der Waals surface area contributed by atoms with Crippen LogP contribution in [0.4, 0.5) is 0 Å². The SMILES string of the molecule is CNCC(=O)N1CCC(Cc2ccccc2)C1.Cl. The summed E-state index contributed by atoms with van der Waals surface area (Å²) in [6, 6.07) is 10.5. The Balaban J connectivity index is 0.00000162. The Bertz CT molecular complexity index is 369. The van der Waals surface area contributed by atoms with Crippen molar-refractivity contribution >= 4 is 18.3 Å². The molecule has 0 aromatic heterocycles. The van der Waals surface area contributed by atoms with Gasteiger partial charge in [0, 0.05) is 13.1 Å². The molecule has 4 heteroatoms. The Labute approximate surface area is 115 Å². The van der Waals surface area contributed by atoms with Crippen molar-refractivity contribution in [1.29, 1.82) is 0 Å². The van der Waals surface area contributed by atoms with Crippen LogP contribution in [0.2, 0.25) is 0 Å². The molecule has 0 saturated carbocycles. The molecule has 3 nitrogen and oxygen atoms in total. The van der Waals surface area contributed by atoms with Crippen molar-refractivity contribution in [1.82, 2.24) is 10.2 Å². The lowest BCUT2D eigenvalue weighted by atomic mass is 9.99. The van der Waals surface area contributed by atoms with Gasteiger partial charge in [0.15, 0.2) is 0 Å². The van der Waals surface area contributed by atoms with Gasteiger partial charge in [0.05, 0.1) is 6.54 Å². The van der Waals surface area contributed by atoms with Gasteiger partial charge in [-0.1, -0.05) is 30.3 Å². The second kappa shape index (κ2) is 7.39. The minimum Gasteiger partial charge on any atom is -0.341 e. The molecule has 1 atom stereocenters. The Morgan fingerprint density at radius 3 is 2.78 bits per heavy atom. The molecule has 1 aliphatic rings. The number of halogens is 1. The fraction of sp³-hybridized carbons (Fsp3) is 0.500. The van der Waals surface area contributed by atoms with E-state index in [-0.39, 0.29) is 18.3 Å². The van der Waals surface area contributed by atoms with E-state index in [1.54, 1.807) is 0 Å². The van der Waals surface area contributed by atoms with Crippen molar-refractivity contribution in [3.63, 3.8) is 0 Å². The summed E-state index contributed by atoms with van der Waals surface area (Å²) in [5.74, 6) is 0.848. The highest BCUT2D eigenvalue weighted by Crippen LogP contribution is 2.20. The molecule has 0 spiro atoms. The molecule has 1 heterocycles. The summed E-state index contributed by atoms with van der Waals surface area (Å²) in [5, 5.41) is 2.92. The predicted molar refractivity (Wildman–Crippen MR) is 76.0 cm³/mol. The lowest BCUT2D eigenvalue weighted by Crippen LogP contribution is -2.35. The van der Waals surface area contributed by atoms with Gasteiger partial charge in [0.2, 0.25) is 5.91 Å². The van der Waals surface area contributed by atoms with Crippen LogP contribution < -0.4 is 5.32 Å². The molecule has 1 aliphatic heterocycles. The predicted octanol–water partition coefficient (Wildman–Crippen LogP) is 1.72. The number of carbonyl (C=O) groups is 1. The van der Waals surface area contributed by atoms with E-state index >= 15 is 0 Å². The summed E-state index contributed by atoms with van der Waals surface area (Å²) in [6.45, 7) is 2.28. The molecule has 0 aliphatic carbocycles. The van der Waals surface area contributed by atoms with Gasteiger partial charge >= 0.3 is 0 Å². The van der Waals surface area contributed by atoms with Crippen molar-refractivity contribution in [3.8, 4) is 0 Å². The number of likely N-dealkylation sites (tertiary alicyclic amines) is 1. The van der Waals surface area contributed by atoms with Crippen LogP contribution in [0.25, 0.3) is 0 Å². The molecule has 0 bridgehead atoms. The number of likely N-dealkylation sites (N-methyl/N-ethyl adjacent to an activating group) is 1. The fourth-order valence-electron chi connectivity index (χ4n) is 2.44. The molecule has 18 heavy (non-hydrogen) atoms. The Hall–Kier alpha value is -1.06. The maximum Gasteiger partial charge on any atom is 0.236 e. The Morgan fingerprint density at radius 1 is 1.39 bits per heavy atom. The smallest absolute Gasteiger partial charge is 0.236 e. The molecule has 1 aromatic carbocycles. The summed E-state index contributed by atoms with van der Waals surface area (Å²) >= 11 is 0. The number of hydrogen-bond acceptors (Lipinski definition) is 2. The first-order chi connectivity index (χ1) is 8.29. The molecule has 1 fully saturated rings. The number of hydrogen-bond donors (Lipinski definition) is 1. The van der Waals surface area contributed by atoms with Gasteiger partial charge in [0.25, 0.3) is 0 Å². The van der Waals surface area contributed by atoms with Crippen LogP contribution in [0.3, 0.4) is 0 Å². The molecule has 1 aromatic rings. The number of nitrogens with zero attached hydrogens (tertiary/aromatic N) is 1. The van der Waals surface area contributed by atoms with Gasteiger partial charge in [-0.3, -0.25) is 4.79 Å². The average molecular weight is 269 g/mol. The quantitative estimate of drug-likeness (QED) is 0.902. The fourth-order valence-corrected chi connectivity index (χ4v) is 2.44. The molecule has 1 amide bonds. The first kappa shape index (κ1) is 15.0. The van der Waals surface area contributed by atoms with E-state index in [0.29, 0.717) is 12.5 Å². The van der Waals surface area contributed by atoms with Gasteiger partial charge in [0.1, 0.15) is 0 Å². The Morgan fingerprint density at radius 2 is 2.11 bits per heavy atom. The van der Waals surface area contributed by atoms with Crippen LogP contribution in [0.1, 0.15) is 12.0 Å². The summed E-state index contributed by atoms with van der Waals surface area (Å²) in [6.07, 6.45) is 2.22. The van der Waals surface area contributed by atoms with Crippen LogP contribution in [0.15, 0.2) is 30.3 Å². The molecule has 1 N–H and O–H groups in total. The minimum absolute atomic E-state index is 0. The van der Waals surface area contributed by atoms with Crippen molar-refractivity contribution in [2.75, 3.05) is 26.7 Å². The second-order valence-corrected chi connectivity index (χ2v) is 4.71. The first-order valence-electron chi connectivity index (χ1n) is 6.26. The maximum atomic E-state index is 11.7. The second-order valence-electron chi connectivity index (χ2n) is 4.71. The Kier molecular flexibility index (Phi) is 6.16. The van der Waals surface area contributed by atoms with Crippen molar-refractivity contribution in [2.24, 2.45) is 5.92 Å². The van der Waals surface area contributed by atoms with Crippen molar-refractivity contribution in [2.45, 2.75) is 12.8 Å². The lowest BCUT2D eigenvalue weighted by molar-refractivity contribution is -0.129. The van der Waals surface area contributed by atoms with Crippen LogP contribution >= 0.6 is 12.4 Å². The van der Waals surface area contributed by atoms with Crippen LogP contribution in [0, 0.1) is 5.92 Å². The first-order valence-corrected chi connectivity index (χ1v) is 6.26. The standard InChI is InChI=1S/C14H20N2O.ClH/c1-15-10-14(17)16-8-7-13(11-16)9-12-5-3-2-4-6-12;/h2-6,13,15H,7-11H2,1H3;1H. The number of rotatable bonds is 4. The van der Waals surface area contributed by atoms with E-state index in [2.05, 4.69) is 29.6 Å². The molecule has 1 unspecified atom stereocenters. The molecule has 0 radical (unpaired) electrons. The molecular formula is C14H21ClN2O. The number of carbonyl (C=O) groups excluding carboxylic acids is 1. The highest BCUT2D eigenvalue weighted by atomic mass is 35.5. The van der Waals surface area contributed by atoms with E-state index in [1.165, 1.54) is 5.56 Å². The van der Waals surface area contributed by atoms with Gasteiger partial charge in [-0.2, -0.15) is 0 Å². The van der Waals surface area contributed by atoms with Crippen molar-refractivity contribution in [3.05, 3.63) is 35.9 Å². The molecule has 1 saturated heterocycles. The molecular weight excluding hydrogens is 248 g/mol. The largest absolute Gasteiger partial charge is 0.341 e. The van der Waals surface area contributed by atoms with Crippen LogP contribution in [-0.2, 0) is 11.2 Å². The van der Waals surface area contributed by atoms with E-state index in [1.807, 2.05) is 18.0 Å². The third-order valence-electron chi connectivity index (χ3n) is 3.33. The number of amides is 1. The van der Waals surface area contributed by atoms with Crippen LogP contribution in [-0.4, -0.2) is 37.5 Å².